The van der Waals surface area contributed by atoms with E-state index in [4.69, 9.17) is 0 Å². The molecule has 0 aliphatic carbocycles. The second kappa shape index (κ2) is 9.31. The summed E-state index contributed by atoms with van der Waals surface area (Å²) in [6.07, 6.45) is 1.71. The second-order valence-electron chi connectivity index (χ2n) is 6.20. The zero-order chi connectivity index (χ0) is 19.8. The van der Waals surface area contributed by atoms with Crippen LogP contribution in [0.15, 0.2) is 54.7 Å². The van der Waals surface area contributed by atoms with Gasteiger partial charge in [0.1, 0.15) is 23.3 Å². The van der Waals surface area contributed by atoms with Gasteiger partial charge < -0.3 is 21.3 Å². The molecule has 0 atom stereocenters. The molecule has 144 valence electrons. The van der Waals surface area contributed by atoms with Crippen molar-refractivity contribution in [1.82, 2.24) is 20.3 Å². The van der Waals surface area contributed by atoms with Gasteiger partial charge in [-0.15, -0.1) is 0 Å². The molecular formula is C20H23N7O. The topological polar surface area (TPSA) is 104 Å². The van der Waals surface area contributed by atoms with E-state index in [1.807, 2.05) is 56.3 Å². The summed E-state index contributed by atoms with van der Waals surface area (Å²) in [6.45, 7) is 4.78. The fraction of sp³-hybridized carbons (Fsp3) is 0.200. The molecular weight excluding hydrogens is 354 g/mol. The minimum absolute atomic E-state index is 0.247. The van der Waals surface area contributed by atoms with Crippen LogP contribution in [0, 0.1) is 13.8 Å². The summed E-state index contributed by atoms with van der Waals surface area (Å²) in [5.74, 6) is 2.67. The van der Waals surface area contributed by atoms with Crippen LogP contribution in [0.5, 0.6) is 0 Å². The molecule has 0 spiro atoms. The Bertz CT molecular complexity index is 931. The van der Waals surface area contributed by atoms with Crippen molar-refractivity contribution >= 4 is 29.2 Å². The maximum atomic E-state index is 12.0. The van der Waals surface area contributed by atoms with E-state index >= 15 is 0 Å². The van der Waals surface area contributed by atoms with Crippen molar-refractivity contribution in [3.05, 3.63) is 66.1 Å². The van der Waals surface area contributed by atoms with Gasteiger partial charge in [-0.1, -0.05) is 18.2 Å². The molecule has 0 bridgehead atoms. The smallest absolute Gasteiger partial charge is 0.319 e. The summed E-state index contributed by atoms with van der Waals surface area (Å²) >= 11 is 0. The number of pyridine rings is 1. The van der Waals surface area contributed by atoms with E-state index in [1.54, 1.807) is 12.3 Å². The van der Waals surface area contributed by atoms with Crippen molar-refractivity contribution in [2.24, 2.45) is 0 Å². The maximum Gasteiger partial charge on any atom is 0.319 e. The number of aryl methyl sites for hydroxylation is 2. The first-order valence-electron chi connectivity index (χ1n) is 8.97. The molecule has 0 aliphatic rings. The standard InChI is InChI=1S/C20H23N7O/c1-14-6-5-7-16(12-14)26-20(28)23-11-10-22-18-13-19(25-15(2)24-18)27-17-8-3-4-9-21-17/h3-9,12-13H,10-11H2,1-2H3,(H2,23,26,28)(H2,21,22,24,25,27). The minimum atomic E-state index is -0.247. The third-order valence-corrected chi connectivity index (χ3v) is 3.75. The molecule has 0 fully saturated rings. The lowest BCUT2D eigenvalue weighted by molar-refractivity contribution is 0.252. The minimum Gasteiger partial charge on any atom is -0.368 e. The van der Waals surface area contributed by atoms with Crippen molar-refractivity contribution in [3.8, 4) is 0 Å². The van der Waals surface area contributed by atoms with Crippen molar-refractivity contribution in [2.75, 3.05) is 29.0 Å². The normalized spacial score (nSPS) is 10.2. The molecule has 2 aromatic heterocycles. The van der Waals surface area contributed by atoms with Crippen LogP contribution < -0.4 is 21.3 Å². The Morgan fingerprint density at radius 2 is 1.79 bits per heavy atom. The Hall–Kier alpha value is -3.68. The predicted molar refractivity (Wildman–Crippen MR) is 111 cm³/mol. The summed E-state index contributed by atoms with van der Waals surface area (Å²) < 4.78 is 0. The van der Waals surface area contributed by atoms with E-state index in [9.17, 15) is 4.79 Å². The van der Waals surface area contributed by atoms with Crippen LogP contribution in [0.4, 0.5) is 27.9 Å². The highest BCUT2D eigenvalue weighted by molar-refractivity contribution is 5.89. The highest BCUT2D eigenvalue weighted by atomic mass is 16.2. The second-order valence-corrected chi connectivity index (χ2v) is 6.20. The van der Waals surface area contributed by atoms with Gasteiger partial charge in [-0.2, -0.15) is 0 Å². The maximum absolute atomic E-state index is 12.0. The Morgan fingerprint density at radius 1 is 0.929 bits per heavy atom. The Morgan fingerprint density at radius 3 is 2.57 bits per heavy atom. The predicted octanol–water partition coefficient (Wildman–Crippen LogP) is 3.47. The SMILES string of the molecule is Cc1cccc(NC(=O)NCCNc2cc(Nc3ccccn3)nc(C)n2)c1. The molecule has 0 unspecified atom stereocenters. The van der Waals surface area contributed by atoms with Gasteiger partial charge in [0.25, 0.3) is 0 Å². The quantitative estimate of drug-likeness (QED) is 0.470. The van der Waals surface area contributed by atoms with Crippen molar-refractivity contribution in [3.63, 3.8) is 0 Å². The highest BCUT2D eigenvalue weighted by Gasteiger charge is 2.04. The molecule has 2 heterocycles. The lowest BCUT2D eigenvalue weighted by Crippen LogP contribution is -2.32. The summed E-state index contributed by atoms with van der Waals surface area (Å²) in [4.78, 5) is 24.9. The summed E-state index contributed by atoms with van der Waals surface area (Å²) in [6, 6.07) is 14.8. The number of amides is 2. The molecule has 2 amide bonds. The van der Waals surface area contributed by atoms with Crippen LogP contribution in [0.25, 0.3) is 0 Å². The van der Waals surface area contributed by atoms with E-state index in [2.05, 4.69) is 36.2 Å². The highest BCUT2D eigenvalue weighted by Crippen LogP contribution is 2.15. The Kier molecular flexibility index (Phi) is 6.35. The van der Waals surface area contributed by atoms with Gasteiger partial charge in [-0.05, 0) is 43.7 Å². The lowest BCUT2D eigenvalue weighted by atomic mass is 10.2. The molecule has 8 heteroatoms. The number of rotatable bonds is 7. The number of anilines is 4. The number of nitrogens with one attached hydrogen (secondary N) is 4. The first-order chi connectivity index (χ1) is 13.6. The first-order valence-corrected chi connectivity index (χ1v) is 8.97. The van der Waals surface area contributed by atoms with Gasteiger partial charge in [0.05, 0.1) is 0 Å². The van der Waals surface area contributed by atoms with E-state index in [1.165, 1.54) is 0 Å². The molecule has 3 aromatic rings. The largest absolute Gasteiger partial charge is 0.368 e. The van der Waals surface area contributed by atoms with Gasteiger partial charge in [0, 0.05) is 31.0 Å². The number of carbonyl (C=O) groups is 1. The van der Waals surface area contributed by atoms with Crippen LogP contribution in [0.3, 0.4) is 0 Å². The van der Waals surface area contributed by atoms with Gasteiger partial charge in [-0.3, -0.25) is 0 Å². The summed E-state index contributed by atoms with van der Waals surface area (Å²) in [7, 11) is 0. The Balaban J connectivity index is 1.47. The van der Waals surface area contributed by atoms with Gasteiger partial charge >= 0.3 is 6.03 Å². The molecule has 3 rings (SSSR count). The molecule has 28 heavy (non-hydrogen) atoms. The van der Waals surface area contributed by atoms with Crippen molar-refractivity contribution in [1.29, 1.82) is 0 Å². The molecule has 0 saturated carbocycles. The van der Waals surface area contributed by atoms with Crippen molar-refractivity contribution in [2.45, 2.75) is 13.8 Å². The molecule has 0 saturated heterocycles. The average Bonchev–Trinajstić information content (AvgIpc) is 2.66. The summed E-state index contributed by atoms with van der Waals surface area (Å²) in [5, 5.41) is 11.9. The fourth-order valence-corrected chi connectivity index (χ4v) is 2.55. The molecule has 4 N–H and O–H groups in total. The van der Waals surface area contributed by atoms with Gasteiger partial charge in [-0.25, -0.2) is 19.7 Å². The zero-order valence-corrected chi connectivity index (χ0v) is 15.9. The number of aromatic nitrogens is 3. The number of urea groups is 1. The molecule has 0 aliphatic heterocycles. The fourth-order valence-electron chi connectivity index (χ4n) is 2.55. The van der Waals surface area contributed by atoms with E-state index in [-0.39, 0.29) is 6.03 Å². The third-order valence-electron chi connectivity index (χ3n) is 3.75. The zero-order valence-electron chi connectivity index (χ0n) is 15.9. The van der Waals surface area contributed by atoms with Crippen LogP contribution in [-0.2, 0) is 0 Å². The molecule has 1 aromatic carbocycles. The number of hydrogen-bond donors (Lipinski definition) is 4. The number of hydrogen-bond acceptors (Lipinski definition) is 6. The van der Waals surface area contributed by atoms with Crippen LogP contribution in [-0.4, -0.2) is 34.1 Å². The first kappa shape index (κ1) is 19.1. The van der Waals surface area contributed by atoms with Crippen LogP contribution in [0.2, 0.25) is 0 Å². The van der Waals surface area contributed by atoms with E-state index < -0.39 is 0 Å². The molecule has 8 nitrogen and oxygen atoms in total. The lowest BCUT2D eigenvalue weighted by Gasteiger charge is -2.11. The summed E-state index contributed by atoms with van der Waals surface area (Å²) in [5.41, 5.74) is 1.86. The third kappa shape index (κ3) is 5.94. The van der Waals surface area contributed by atoms with Gasteiger partial charge in [0.2, 0.25) is 0 Å². The molecule has 0 radical (unpaired) electrons. The van der Waals surface area contributed by atoms with Crippen molar-refractivity contribution < 1.29 is 4.79 Å². The van der Waals surface area contributed by atoms with E-state index in [0.717, 1.165) is 11.3 Å². The number of nitrogens with zero attached hydrogens (tertiary/aromatic N) is 3. The number of benzene rings is 1. The van der Waals surface area contributed by atoms with Gasteiger partial charge in [0.15, 0.2) is 0 Å². The monoisotopic (exact) mass is 377 g/mol. The Labute approximate surface area is 163 Å². The number of carbonyl (C=O) groups excluding carboxylic acids is 1. The van der Waals surface area contributed by atoms with E-state index in [0.29, 0.717) is 36.4 Å². The average molecular weight is 377 g/mol. The van der Waals surface area contributed by atoms with Crippen LogP contribution >= 0.6 is 0 Å². The van der Waals surface area contributed by atoms with Crippen LogP contribution in [0.1, 0.15) is 11.4 Å².